The minimum absolute atomic E-state index is 0.0131. The van der Waals surface area contributed by atoms with Crippen molar-refractivity contribution >= 4 is 17.5 Å². The maximum Gasteiger partial charge on any atom is 0.248 e. The van der Waals surface area contributed by atoms with Crippen LogP contribution in [0.15, 0.2) is 24.3 Å². The number of benzene rings is 1. The van der Waals surface area contributed by atoms with E-state index in [1.54, 1.807) is 24.3 Å². The van der Waals surface area contributed by atoms with Crippen LogP contribution in [0.2, 0.25) is 0 Å². The van der Waals surface area contributed by atoms with Crippen molar-refractivity contribution in [2.24, 2.45) is 11.7 Å². The van der Waals surface area contributed by atoms with Crippen molar-refractivity contribution in [2.45, 2.75) is 12.8 Å². The fourth-order valence-corrected chi connectivity index (χ4v) is 1.58. The van der Waals surface area contributed by atoms with Crippen LogP contribution < -0.4 is 16.4 Å². The van der Waals surface area contributed by atoms with Gasteiger partial charge in [0.25, 0.3) is 0 Å². The minimum Gasteiger partial charge on any atom is -0.376 e. The molecule has 2 amide bonds. The molecule has 0 heterocycles. The summed E-state index contributed by atoms with van der Waals surface area (Å²) in [5.41, 5.74) is 6.39. The van der Waals surface area contributed by atoms with E-state index in [-0.39, 0.29) is 12.5 Å². The van der Waals surface area contributed by atoms with E-state index in [0.717, 1.165) is 12.2 Å². The van der Waals surface area contributed by atoms with Crippen molar-refractivity contribution in [3.63, 3.8) is 0 Å². The zero-order chi connectivity index (χ0) is 13.0. The Kier molecular flexibility index (Phi) is 3.82. The van der Waals surface area contributed by atoms with Crippen molar-refractivity contribution in [3.05, 3.63) is 29.8 Å². The second kappa shape index (κ2) is 5.53. The number of amides is 2. The van der Waals surface area contributed by atoms with Gasteiger partial charge in [0.2, 0.25) is 11.8 Å². The number of anilines is 1. The van der Waals surface area contributed by atoms with Crippen LogP contribution in [-0.4, -0.2) is 24.9 Å². The smallest absolute Gasteiger partial charge is 0.248 e. The Balaban J connectivity index is 1.74. The number of rotatable bonds is 6. The van der Waals surface area contributed by atoms with Crippen LogP contribution in [0.25, 0.3) is 0 Å². The van der Waals surface area contributed by atoms with Gasteiger partial charge >= 0.3 is 0 Å². The first kappa shape index (κ1) is 12.4. The van der Waals surface area contributed by atoms with Crippen molar-refractivity contribution in [2.75, 3.05) is 18.4 Å². The Labute approximate surface area is 106 Å². The summed E-state index contributed by atoms with van der Waals surface area (Å²) < 4.78 is 0. The number of hydrogen-bond acceptors (Lipinski definition) is 3. The van der Waals surface area contributed by atoms with Gasteiger partial charge in [0, 0.05) is 17.8 Å². The molecule has 0 aliphatic heterocycles. The number of nitrogens with two attached hydrogens (primary N) is 1. The highest BCUT2D eigenvalue weighted by atomic mass is 16.2. The average molecular weight is 247 g/mol. The molecule has 1 fully saturated rings. The SMILES string of the molecule is NC(=O)c1ccc(NCC(=O)NCC2CC2)cc1. The Morgan fingerprint density at radius 3 is 2.44 bits per heavy atom. The Morgan fingerprint density at radius 2 is 1.89 bits per heavy atom. The zero-order valence-corrected chi connectivity index (χ0v) is 10.1. The van der Waals surface area contributed by atoms with Crippen LogP contribution in [-0.2, 0) is 4.79 Å². The molecule has 5 heteroatoms. The summed E-state index contributed by atoms with van der Waals surface area (Å²) in [6, 6.07) is 6.72. The van der Waals surface area contributed by atoms with E-state index in [2.05, 4.69) is 10.6 Å². The monoisotopic (exact) mass is 247 g/mol. The number of carbonyl (C=O) groups excluding carboxylic acids is 2. The number of primary amides is 1. The summed E-state index contributed by atoms with van der Waals surface area (Å²) >= 11 is 0. The Bertz CT molecular complexity index is 438. The lowest BCUT2D eigenvalue weighted by Gasteiger charge is -2.07. The highest BCUT2D eigenvalue weighted by Gasteiger charge is 2.21. The van der Waals surface area contributed by atoms with Crippen molar-refractivity contribution in [1.29, 1.82) is 0 Å². The van der Waals surface area contributed by atoms with Crippen LogP contribution in [0.4, 0.5) is 5.69 Å². The molecule has 5 nitrogen and oxygen atoms in total. The normalized spacial score (nSPS) is 14.0. The molecule has 0 spiro atoms. The van der Waals surface area contributed by atoms with E-state index in [0.29, 0.717) is 11.5 Å². The number of hydrogen-bond donors (Lipinski definition) is 3. The third-order valence-electron chi connectivity index (χ3n) is 2.91. The summed E-state index contributed by atoms with van der Waals surface area (Å²) in [7, 11) is 0. The molecule has 0 bridgehead atoms. The summed E-state index contributed by atoms with van der Waals surface area (Å²) in [6.45, 7) is 1.02. The quantitative estimate of drug-likeness (QED) is 0.692. The highest BCUT2D eigenvalue weighted by molar-refractivity contribution is 5.93. The van der Waals surface area contributed by atoms with E-state index in [4.69, 9.17) is 5.73 Å². The second-order valence-corrected chi connectivity index (χ2v) is 4.54. The minimum atomic E-state index is -0.455. The predicted molar refractivity (Wildman–Crippen MR) is 69.2 cm³/mol. The first-order valence-corrected chi connectivity index (χ1v) is 6.05. The Morgan fingerprint density at radius 1 is 1.22 bits per heavy atom. The lowest BCUT2D eigenvalue weighted by atomic mass is 10.2. The zero-order valence-electron chi connectivity index (χ0n) is 10.1. The molecular weight excluding hydrogens is 230 g/mol. The molecule has 0 saturated heterocycles. The van der Waals surface area contributed by atoms with Crippen LogP contribution in [0, 0.1) is 5.92 Å². The van der Waals surface area contributed by atoms with Gasteiger partial charge in [0.1, 0.15) is 0 Å². The fraction of sp³-hybridized carbons (Fsp3) is 0.385. The highest BCUT2D eigenvalue weighted by Crippen LogP contribution is 2.27. The summed E-state index contributed by atoms with van der Waals surface area (Å²) in [6.07, 6.45) is 2.45. The van der Waals surface area contributed by atoms with Crippen LogP contribution in [0.1, 0.15) is 23.2 Å². The van der Waals surface area contributed by atoms with Gasteiger partial charge in [0.15, 0.2) is 0 Å². The molecule has 18 heavy (non-hydrogen) atoms. The Hall–Kier alpha value is -2.04. The maximum absolute atomic E-state index is 11.5. The molecule has 96 valence electrons. The van der Waals surface area contributed by atoms with Crippen molar-refractivity contribution < 1.29 is 9.59 Å². The molecule has 1 aliphatic rings. The maximum atomic E-state index is 11.5. The van der Waals surface area contributed by atoms with E-state index in [9.17, 15) is 9.59 Å². The van der Waals surface area contributed by atoms with Gasteiger partial charge in [-0.05, 0) is 43.0 Å². The predicted octanol–water partition coefficient (Wildman–Crippen LogP) is 0.724. The molecule has 0 radical (unpaired) electrons. The molecule has 0 unspecified atom stereocenters. The topological polar surface area (TPSA) is 84.2 Å². The molecular formula is C13H17N3O2. The van der Waals surface area contributed by atoms with Gasteiger partial charge in [-0.25, -0.2) is 0 Å². The standard InChI is InChI=1S/C13H17N3O2/c14-13(18)10-3-5-11(6-4-10)15-8-12(17)16-7-9-1-2-9/h3-6,9,15H,1-2,7-8H2,(H2,14,18)(H,16,17). The van der Waals surface area contributed by atoms with Gasteiger partial charge in [-0.2, -0.15) is 0 Å². The largest absolute Gasteiger partial charge is 0.376 e. The molecule has 1 saturated carbocycles. The van der Waals surface area contributed by atoms with Crippen molar-refractivity contribution in [1.82, 2.24) is 5.32 Å². The van der Waals surface area contributed by atoms with E-state index in [1.165, 1.54) is 12.8 Å². The average Bonchev–Trinajstić information content (AvgIpc) is 3.18. The van der Waals surface area contributed by atoms with Gasteiger partial charge in [-0.3, -0.25) is 9.59 Å². The molecule has 4 N–H and O–H groups in total. The van der Waals surface area contributed by atoms with E-state index >= 15 is 0 Å². The molecule has 1 aliphatic carbocycles. The third-order valence-corrected chi connectivity index (χ3v) is 2.91. The molecule has 0 atom stereocenters. The van der Waals surface area contributed by atoms with Crippen LogP contribution >= 0.6 is 0 Å². The van der Waals surface area contributed by atoms with E-state index in [1.807, 2.05) is 0 Å². The summed E-state index contributed by atoms with van der Waals surface area (Å²) in [5, 5.41) is 5.86. The van der Waals surface area contributed by atoms with Gasteiger partial charge in [0.05, 0.1) is 6.54 Å². The molecule has 2 rings (SSSR count). The summed E-state index contributed by atoms with van der Waals surface area (Å²) in [5.74, 6) is 0.216. The molecule has 1 aromatic carbocycles. The molecule has 0 aromatic heterocycles. The van der Waals surface area contributed by atoms with Crippen LogP contribution in [0.3, 0.4) is 0 Å². The number of nitrogens with one attached hydrogen (secondary N) is 2. The van der Waals surface area contributed by atoms with Gasteiger partial charge in [-0.15, -0.1) is 0 Å². The molecule has 1 aromatic rings. The third kappa shape index (κ3) is 3.76. The first-order valence-electron chi connectivity index (χ1n) is 6.05. The van der Waals surface area contributed by atoms with Crippen molar-refractivity contribution in [3.8, 4) is 0 Å². The lowest BCUT2D eigenvalue weighted by molar-refractivity contribution is -0.119. The lowest BCUT2D eigenvalue weighted by Crippen LogP contribution is -2.31. The van der Waals surface area contributed by atoms with Gasteiger partial charge in [-0.1, -0.05) is 0 Å². The van der Waals surface area contributed by atoms with E-state index < -0.39 is 5.91 Å². The first-order chi connectivity index (χ1) is 8.65. The fourth-order valence-electron chi connectivity index (χ4n) is 1.58. The van der Waals surface area contributed by atoms with Crippen LogP contribution in [0.5, 0.6) is 0 Å². The number of carbonyl (C=O) groups is 2. The van der Waals surface area contributed by atoms with Gasteiger partial charge < -0.3 is 16.4 Å². The summed E-state index contributed by atoms with van der Waals surface area (Å²) in [4.78, 5) is 22.3. The second-order valence-electron chi connectivity index (χ2n) is 4.54.